The molecular weight excluding hydrogens is 156 g/mol. The number of nitrogens with two attached hydrogens (primary N) is 1. The third kappa shape index (κ3) is 2.28. The van der Waals surface area contributed by atoms with Crippen molar-refractivity contribution in [3.8, 4) is 0 Å². The molecule has 0 radical (unpaired) electrons. The summed E-state index contributed by atoms with van der Waals surface area (Å²) in [7, 11) is 0. The van der Waals surface area contributed by atoms with Crippen molar-refractivity contribution in [3.63, 3.8) is 0 Å². The van der Waals surface area contributed by atoms with Crippen LogP contribution in [0, 0.1) is 5.92 Å². The van der Waals surface area contributed by atoms with Crippen molar-refractivity contribution in [2.24, 2.45) is 11.8 Å². The molecule has 0 aliphatic carbocycles. The van der Waals surface area contributed by atoms with Crippen LogP contribution in [0.3, 0.4) is 0 Å². The summed E-state index contributed by atoms with van der Waals surface area (Å²) in [6, 6.07) is 0. The van der Waals surface area contributed by atoms with E-state index in [1.54, 1.807) is 6.33 Å². The Kier molecular flexibility index (Phi) is 3.19. The normalized spacial score (nSPS) is 11.0. The average Bonchev–Trinajstić information content (AvgIpc) is 2.37. The van der Waals surface area contributed by atoms with E-state index in [-0.39, 0.29) is 0 Å². The minimum atomic E-state index is 0.312. The third-order valence-corrected chi connectivity index (χ3v) is 1.47. The molecular formula is C7H14N4O. The van der Waals surface area contributed by atoms with E-state index in [1.807, 2.05) is 4.57 Å². The lowest BCUT2D eigenvalue weighted by Gasteiger charge is -2.07. The minimum absolute atomic E-state index is 0.312. The second-order valence-corrected chi connectivity index (χ2v) is 3.10. The van der Waals surface area contributed by atoms with Crippen LogP contribution in [0.4, 0.5) is 0 Å². The smallest absolute Gasteiger partial charge is 0.161 e. The molecule has 0 aliphatic heterocycles. The van der Waals surface area contributed by atoms with Gasteiger partial charge >= 0.3 is 0 Å². The Morgan fingerprint density at radius 2 is 2.42 bits per heavy atom. The Morgan fingerprint density at radius 1 is 1.67 bits per heavy atom. The van der Waals surface area contributed by atoms with Crippen molar-refractivity contribution in [2.45, 2.75) is 27.0 Å². The van der Waals surface area contributed by atoms with Crippen molar-refractivity contribution >= 4 is 0 Å². The van der Waals surface area contributed by atoms with Crippen LogP contribution in [0.1, 0.15) is 19.7 Å². The maximum Gasteiger partial charge on any atom is 0.161 e. The predicted molar refractivity (Wildman–Crippen MR) is 43.8 cm³/mol. The van der Waals surface area contributed by atoms with Gasteiger partial charge in [0, 0.05) is 6.54 Å². The Bertz CT molecular complexity index is 233. The standard InChI is InChI=1S/C7H14N4O/c1-6(2)3-11-5-9-10-7(11)4-12-8/h5-6H,3-4,8H2,1-2H3. The first kappa shape index (κ1) is 9.15. The van der Waals surface area contributed by atoms with E-state index in [4.69, 9.17) is 5.90 Å². The molecule has 1 rings (SSSR count). The van der Waals surface area contributed by atoms with E-state index >= 15 is 0 Å². The molecule has 0 saturated heterocycles. The van der Waals surface area contributed by atoms with E-state index in [2.05, 4.69) is 28.9 Å². The molecule has 0 atom stereocenters. The van der Waals surface area contributed by atoms with Crippen molar-refractivity contribution in [1.82, 2.24) is 14.8 Å². The summed E-state index contributed by atoms with van der Waals surface area (Å²) in [5, 5.41) is 7.64. The molecule has 0 unspecified atom stereocenters. The highest BCUT2D eigenvalue weighted by atomic mass is 16.6. The molecule has 0 saturated carbocycles. The van der Waals surface area contributed by atoms with Crippen molar-refractivity contribution in [1.29, 1.82) is 0 Å². The maximum absolute atomic E-state index is 4.94. The third-order valence-electron chi connectivity index (χ3n) is 1.47. The molecule has 5 heteroatoms. The lowest BCUT2D eigenvalue weighted by atomic mass is 10.2. The molecule has 1 aromatic heterocycles. The van der Waals surface area contributed by atoms with E-state index in [9.17, 15) is 0 Å². The first-order valence-electron chi connectivity index (χ1n) is 3.92. The van der Waals surface area contributed by atoms with E-state index in [1.165, 1.54) is 0 Å². The van der Waals surface area contributed by atoms with E-state index < -0.39 is 0 Å². The van der Waals surface area contributed by atoms with Crippen LogP contribution in [-0.4, -0.2) is 14.8 Å². The van der Waals surface area contributed by atoms with Crippen LogP contribution in [0.25, 0.3) is 0 Å². The van der Waals surface area contributed by atoms with Gasteiger partial charge in [-0.2, -0.15) is 0 Å². The number of hydrogen-bond donors (Lipinski definition) is 1. The quantitative estimate of drug-likeness (QED) is 0.661. The second-order valence-electron chi connectivity index (χ2n) is 3.10. The van der Waals surface area contributed by atoms with Crippen LogP contribution in [0.5, 0.6) is 0 Å². The first-order valence-corrected chi connectivity index (χ1v) is 3.92. The fourth-order valence-corrected chi connectivity index (χ4v) is 1.01. The Morgan fingerprint density at radius 3 is 3.00 bits per heavy atom. The van der Waals surface area contributed by atoms with Crippen molar-refractivity contribution in [3.05, 3.63) is 12.2 Å². The fraction of sp³-hybridized carbons (Fsp3) is 0.714. The SMILES string of the molecule is CC(C)Cn1cnnc1CON. The zero-order chi connectivity index (χ0) is 8.97. The van der Waals surface area contributed by atoms with Crippen molar-refractivity contribution in [2.75, 3.05) is 0 Å². The predicted octanol–water partition coefficient (Wildman–Crippen LogP) is 0.324. The van der Waals surface area contributed by atoms with Gasteiger partial charge in [0.05, 0.1) is 0 Å². The molecule has 0 amide bonds. The van der Waals surface area contributed by atoms with E-state index in [0.29, 0.717) is 12.5 Å². The van der Waals surface area contributed by atoms with Gasteiger partial charge in [-0.25, -0.2) is 5.90 Å². The summed E-state index contributed by atoms with van der Waals surface area (Å²) >= 11 is 0. The second kappa shape index (κ2) is 4.18. The molecule has 0 fully saturated rings. The number of aromatic nitrogens is 3. The van der Waals surface area contributed by atoms with Gasteiger partial charge in [0.1, 0.15) is 12.9 Å². The number of hydrogen-bond acceptors (Lipinski definition) is 4. The summed E-state index contributed by atoms with van der Waals surface area (Å²) in [4.78, 5) is 4.49. The number of nitrogens with zero attached hydrogens (tertiary/aromatic N) is 3. The highest BCUT2D eigenvalue weighted by Gasteiger charge is 2.04. The maximum atomic E-state index is 4.94. The molecule has 1 aromatic rings. The van der Waals surface area contributed by atoms with Crippen LogP contribution < -0.4 is 5.90 Å². The van der Waals surface area contributed by atoms with Gasteiger partial charge in [-0.05, 0) is 5.92 Å². The molecule has 5 nitrogen and oxygen atoms in total. The molecule has 2 N–H and O–H groups in total. The van der Waals surface area contributed by atoms with E-state index in [0.717, 1.165) is 12.4 Å². The van der Waals surface area contributed by atoms with Gasteiger partial charge in [-0.3, -0.25) is 4.84 Å². The lowest BCUT2D eigenvalue weighted by molar-refractivity contribution is 0.115. The minimum Gasteiger partial charge on any atom is -0.315 e. The number of rotatable bonds is 4. The topological polar surface area (TPSA) is 66.0 Å². The molecule has 0 bridgehead atoms. The highest BCUT2D eigenvalue weighted by molar-refractivity contribution is 4.82. The van der Waals surface area contributed by atoms with Gasteiger partial charge in [0.25, 0.3) is 0 Å². The Labute approximate surface area is 71.5 Å². The molecule has 68 valence electrons. The summed E-state index contributed by atoms with van der Waals surface area (Å²) < 4.78 is 1.94. The van der Waals surface area contributed by atoms with Crippen molar-refractivity contribution < 1.29 is 4.84 Å². The summed E-state index contributed by atoms with van der Waals surface area (Å²) in [5.74, 6) is 6.28. The zero-order valence-corrected chi connectivity index (χ0v) is 7.40. The van der Waals surface area contributed by atoms with Gasteiger partial charge < -0.3 is 4.57 Å². The van der Waals surface area contributed by atoms with Crippen LogP contribution >= 0.6 is 0 Å². The largest absolute Gasteiger partial charge is 0.315 e. The van der Waals surface area contributed by atoms with Gasteiger partial charge in [0.2, 0.25) is 0 Å². The summed E-state index contributed by atoms with van der Waals surface area (Å²) in [5.41, 5.74) is 0. The first-order chi connectivity index (χ1) is 5.74. The molecule has 12 heavy (non-hydrogen) atoms. The lowest BCUT2D eigenvalue weighted by Crippen LogP contribution is -2.10. The Balaban J connectivity index is 2.63. The monoisotopic (exact) mass is 170 g/mol. The molecule has 0 aromatic carbocycles. The molecule has 0 spiro atoms. The van der Waals surface area contributed by atoms with Crippen LogP contribution in [0.2, 0.25) is 0 Å². The van der Waals surface area contributed by atoms with Gasteiger partial charge in [-0.15, -0.1) is 10.2 Å². The summed E-state index contributed by atoms with van der Waals surface area (Å²) in [6.45, 7) is 5.47. The highest BCUT2D eigenvalue weighted by Crippen LogP contribution is 2.02. The zero-order valence-electron chi connectivity index (χ0n) is 7.40. The van der Waals surface area contributed by atoms with Crippen LogP contribution in [-0.2, 0) is 18.0 Å². The summed E-state index contributed by atoms with van der Waals surface area (Å²) in [6.07, 6.45) is 1.69. The van der Waals surface area contributed by atoms with Crippen LogP contribution in [0.15, 0.2) is 6.33 Å². The van der Waals surface area contributed by atoms with Gasteiger partial charge in [0.15, 0.2) is 5.82 Å². The average molecular weight is 170 g/mol. The van der Waals surface area contributed by atoms with Gasteiger partial charge in [-0.1, -0.05) is 13.8 Å². The molecule has 1 heterocycles. The molecule has 0 aliphatic rings. The fourth-order valence-electron chi connectivity index (χ4n) is 1.01. The Hall–Kier alpha value is -0.940.